The fourth-order valence-corrected chi connectivity index (χ4v) is 4.75. The predicted octanol–water partition coefficient (Wildman–Crippen LogP) is 2.99. The molecular weight excluding hydrogens is 418 g/mol. The van der Waals surface area contributed by atoms with Crippen LogP contribution in [-0.4, -0.2) is 52.7 Å². The van der Waals surface area contributed by atoms with E-state index in [4.69, 9.17) is 4.52 Å². The molecule has 1 amide bonds. The van der Waals surface area contributed by atoms with Crippen LogP contribution in [-0.2, 0) is 16.9 Å². The lowest BCUT2D eigenvalue weighted by Gasteiger charge is -2.37. The monoisotopic (exact) mass is 443 g/mol. The van der Waals surface area contributed by atoms with Gasteiger partial charge >= 0.3 is 0 Å². The third-order valence-corrected chi connectivity index (χ3v) is 6.90. The Balaban J connectivity index is 1.28. The molecule has 2 fully saturated rings. The van der Waals surface area contributed by atoms with Crippen molar-refractivity contribution in [3.63, 3.8) is 0 Å². The van der Waals surface area contributed by atoms with Gasteiger partial charge in [-0.1, -0.05) is 17.3 Å². The van der Waals surface area contributed by atoms with Gasteiger partial charge in [0.05, 0.1) is 12.2 Å². The Hall–Kier alpha value is -3.65. The summed E-state index contributed by atoms with van der Waals surface area (Å²) in [6.07, 6.45) is 7.52. The Bertz CT molecular complexity index is 1260. The van der Waals surface area contributed by atoms with Crippen LogP contribution in [0.3, 0.4) is 0 Å². The number of carbonyl (C=O) groups excluding carboxylic acids is 1. The summed E-state index contributed by atoms with van der Waals surface area (Å²) in [5.74, 6) is -0.169. The lowest BCUT2D eigenvalue weighted by atomic mass is 9.98. The summed E-state index contributed by atoms with van der Waals surface area (Å²) in [6.45, 7) is 3.40. The van der Waals surface area contributed by atoms with Gasteiger partial charge in [0.1, 0.15) is 5.69 Å². The molecule has 0 radical (unpaired) electrons. The minimum absolute atomic E-state index is 0.189. The van der Waals surface area contributed by atoms with Gasteiger partial charge in [0.15, 0.2) is 5.76 Å². The summed E-state index contributed by atoms with van der Waals surface area (Å²) in [4.78, 5) is 23.1. The first-order valence-electron chi connectivity index (χ1n) is 11.3. The quantitative estimate of drug-likeness (QED) is 0.663. The molecule has 1 atom stereocenters. The third kappa shape index (κ3) is 3.21. The Labute approximate surface area is 191 Å². The van der Waals surface area contributed by atoms with Gasteiger partial charge in [-0.3, -0.25) is 9.78 Å². The number of rotatable bonds is 4. The van der Waals surface area contributed by atoms with Crippen LogP contribution in [0.1, 0.15) is 29.9 Å². The van der Waals surface area contributed by atoms with Crippen LogP contribution in [0.25, 0.3) is 17.3 Å². The third-order valence-electron chi connectivity index (χ3n) is 6.90. The van der Waals surface area contributed by atoms with E-state index in [1.165, 1.54) is 22.6 Å². The zero-order valence-electron chi connectivity index (χ0n) is 18.4. The van der Waals surface area contributed by atoms with Gasteiger partial charge in [-0.05, 0) is 30.7 Å². The smallest absolute Gasteiger partial charge is 0.262 e. The standard InChI is InChI=1S/C25H25N5O3/c1-28-13-8-25(32,24(28)31)23-15-21(27-33-23)17-4-2-5-18(14-17)30-12-7-20-19(16-30)22(6-9-26-20)29-10-3-11-29/h2,4-7,9,12,14-15,32H,3,8,10-11,13,16H2,1H3/t25-/m1/s1. The number of likely N-dealkylation sites (tertiary alicyclic amines) is 1. The second-order valence-electron chi connectivity index (χ2n) is 8.94. The topological polar surface area (TPSA) is 85.9 Å². The fraction of sp³-hybridized carbons (Fsp3) is 0.320. The number of hydrogen-bond acceptors (Lipinski definition) is 7. The average Bonchev–Trinajstić information content (AvgIpc) is 3.41. The summed E-state index contributed by atoms with van der Waals surface area (Å²) in [6, 6.07) is 11.8. The number of likely N-dealkylation sites (N-methyl/N-ethyl adjacent to an activating group) is 1. The second-order valence-corrected chi connectivity index (χ2v) is 8.94. The second kappa shape index (κ2) is 7.45. The number of aromatic nitrogens is 2. The first kappa shape index (κ1) is 20.0. The highest BCUT2D eigenvalue weighted by Crippen LogP contribution is 2.36. The largest absolute Gasteiger partial charge is 0.373 e. The molecule has 1 aromatic carbocycles. The predicted molar refractivity (Wildman–Crippen MR) is 124 cm³/mol. The number of hydrogen-bond donors (Lipinski definition) is 1. The lowest BCUT2D eigenvalue weighted by Crippen LogP contribution is -2.38. The van der Waals surface area contributed by atoms with Gasteiger partial charge in [-0.15, -0.1) is 0 Å². The molecule has 0 spiro atoms. The molecule has 3 aliphatic rings. The van der Waals surface area contributed by atoms with Gasteiger partial charge in [0, 0.05) is 74.1 Å². The highest BCUT2D eigenvalue weighted by atomic mass is 16.5. The van der Waals surface area contributed by atoms with Gasteiger partial charge in [0.25, 0.3) is 5.91 Å². The maximum atomic E-state index is 12.4. The molecule has 0 unspecified atom stereocenters. The molecule has 8 nitrogen and oxygen atoms in total. The van der Waals surface area contributed by atoms with Gasteiger partial charge in [0.2, 0.25) is 5.60 Å². The Kier molecular flexibility index (Phi) is 4.51. The number of anilines is 2. The van der Waals surface area contributed by atoms with Crippen molar-refractivity contribution in [3.8, 4) is 11.3 Å². The Morgan fingerprint density at radius 3 is 2.79 bits per heavy atom. The fourth-order valence-electron chi connectivity index (χ4n) is 4.75. The summed E-state index contributed by atoms with van der Waals surface area (Å²) in [5.41, 5.74) is 4.35. The summed E-state index contributed by atoms with van der Waals surface area (Å²) in [7, 11) is 1.67. The van der Waals surface area contributed by atoms with E-state index in [-0.39, 0.29) is 11.7 Å². The molecule has 2 aromatic heterocycles. The zero-order valence-corrected chi connectivity index (χ0v) is 18.4. The molecule has 6 rings (SSSR count). The van der Waals surface area contributed by atoms with E-state index in [0.717, 1.165) is 36.6 Å². The van der Waals surface area contributed by atoms with Crippen molar-refractivity contribution in [2.75, 3.05) is 36.5 Å². The minimum Gasteiger partial charge on any atom is -0.373 e. The molecule has 1 N–H and O–H groups in total. The van der Waals surface area contributed by atoms with Crippen molar-refractivity contribution < 1.29 is 14.4 Å². The van der Waals surface area contributed by atoms with E-state index >= 15 is 0 Å². The van der Waals surface area contributed by atoms with Crippen molar-refractivity contribution in [2.45, 2.75) is 25.0 Å². The summed E-state index contributed by atoms with van der Waals surface area (Å²) >= 11 is 0. The number of aliphatic hydroxyl groups is 1. The highest BCUT2D eigenvalue weighted by Gasteiger charge is 2.48. The molecule has 8 heteroatoms. The van der Waals surface area contributed by atoms with Crippen molar-refractivity contribution in [2.24, 2.45) is 0 Å². The average molecular weight is 444 g/mol. The van der Waals surface area contributed by atoms with E-state index < -0.39 is 5.60 Å². The van der Waals surface area contributed by atoms with E-state index in [2.05, 4.69) is 44.3 Å². The van der Waals surface area contributed by atoms with Crippen LogP contribution in [0.5, 0.6) is 0 Å². The Morgan fingerprint density at radius 1 is 1.15 bits per heavy atom. The molecule has 3 aromatic rings. The molecule has 5 heterocycles. The molecule has 0 saturated carbocycles. The number of pyridine rings is 1. The maximum Gasteiger partial charge on any atom is 0.262 e. The van der Waals surface area contributed by atoms with E-state index in [9.17, 15) is 9.90 Å². The number of carbonyl (C=O) groups is 1. The molecule has 0 aliphatic carbocycles. The summed E-state index contributed by atoms with van der Waals surface area (Å²) < 4.78 is 5.43. The highest BCUT2D eigenvalue weighted by molar-refractivity contribution is 5.87. The molecule has 33 heavy (non-hydrogen) atoms. The molecule has 0 bridgehead atoms. The van der Waals surface area contributed by atoms with Gasteiger partial charge in [-0.2, -0.15) is 0 Å². The van der Waals surface area contributed by atoms with Gasteiger partial charge in [-0.25, -0.2) is 0 Å². The number of nitrogens with zero attached hydrogens (tertiary/aromatic N) is 5. The van der Waals surface area contributed by atoms with Crippen LogP contribution in [0, 0.1) is 0 Å². The SMILES string of the molecule is CN1CC[C@@](O)(c2cc(-c3cccc(N4C=Cc5nccc(N6CCC6)c5C4)c3)no2)C1=O. The maximum absolute atomic E-state index is 12.4. The van der Waals surface area contributed by atoms with E-state index in [1.807, 2.05) is 24.4 Å². The van der Waals surface area contributed by atoms with E-state index in [0.29, 0.717) is 18.7 Å². The van der Waals surface area contributed by atoms with Crippen LogP contribution in [0.4, 0.5) is 11.4 Å². The number of amides is 1. The van der Waals surface area contributed by atoms with Crippen molar-refractivity contribution in [1.82, 2.24) is 15.0 Å². The van der Waals surface area contributed by atoms with Crippen LogP contribution < -0.4 is 9.80 Å². The van der Waals surface area contributed by atoms with Crippen LogP contribution in [0.2, 0.25) is 0 Å². The van der Waals surface area contributed by atoms with Crippen molar-refractivity contribution >= 4 is 23.4 Å². The van der Waals surface area contributed by atoms with Crippen LogP contribution >= 0.6 is 0 Å². The molecule has 3 aliphatic heterocycles. The molecule has 2 saturated heterocycles. The number of fused-ring (bicyclic) bond motifs is 1. The van der Waals surface area contributed by atoms with Gasteiger partial charge < -0.3 is 24.3 Å². The summed E-state index contributed by atoms with van der Waals surface area (Å²) in [5, 5.41) is 15.0. The van der Waals surface area contributed by atoms with Crippen molar-refractivity contribution in [1.29, 1.82) is 0 Å². The first-order chi connectivity index (χ1) is 16.0. The van der Waals surface area contributed by atoms with Crippen molar-refractivity contribution in [3.05, 3.63) is 65.8 Å². The van der Waals surface area contributed by atoms with Crippen LogP contribution in [0.15, 0.2) is 53.3 Å². The normalized spacial score (nSPS) is 22.0. The zero-order chi connectivity index (χ0) is 22.6. The molecule has 168 valence electrons. The van der Waals surface area contributed by atoms with E-state index in [1.54, 1.807) is 13.1 Å². The number of benzene rings is 1. The minimum atomic E-state index is -1.64. The first-order valence-corrected chi connectivity index (χ1v) is 11.3. The molecular formula is C25H25N5O3. The Morgan fingerprint density at radius 2 is 2.03 bits per heavy atom. The lowest BCUT2D eigenvalue weighted by molar-refractivity contribution is -0.144.